The molecule has 0 N–H and O–H groups in total. The molecule has 5 rings (SSSR count). The number of aromatic nitrogens is 1. The number of fused-ring (bicyclic) bond motifs is 1. The van der Waals surface area contributed by atoms with Crippen LogP contribution in [0.2, 0.25) is 5.02 Å². The zero-order valence-corrected chi connectivity index (χ0v) is 18.7. The molecule has 0 radical (unpaired) electrons. The van der Waals surface area contributed by atoms with Gasteiger partial charge >= 0.3 is 5.97 Å². The maximum Gasteiger partial charge on any atom is 0.363 e. The molecule has 1 aliphatic heterocycles. The van der Waals surface area contributed by atoms with Crippen molar-refractivity contribution in [3.8, 4) is 0 Å². The molecule has 0 fully saturated rings. The van der Waals surface area contributed by atoms with E-state index in [0.717, 1.165) is 26.4 Å². The largest absolute Gasteiger partial charge is 0.402 e. The topological polar surface area (TPSA) is 51.6 Å². The Bertz CT molecular complexity index is 1390. The van der Waals surface area contributed by atoms with Crippen molar-refractivity contribution < 1.29 is 9.53 Å². The third kappa shape index (κ3) is 4.31. The van der Waals surface area contributed by atoms with Crippen LogP contribution in [0.4, 0.5) is 0 Å². The number of cyclic esters (lactones) is 1. The average molecular weight is 457 g/mol. The van der Waals surface area contributed by atoms with E-state index in [1.165, 1.54) is 5.56 Å². The number of benzene rings is 3. The molecule has 0 amide bonds. The van der Waals surface area contributed by atoms with E-state index in [2.05, 4.69) is 36.2 Å². The number of aryl methyl sites for hydroxylation is 1. The van der Waals surface area contributed by atoms with Crippen molar-refractivity contribution >= 4 is 52.2 Å². The van der Waals surface area contributed by atoms with Crippen molar-refractivity contribution in [3.63, 3.8) is 0 Å². The Balaban J connectivity index is 1.57. The molecule has 6 heteroatoms. The van der Waals surface area contributed by atoms with Crippen molar-refractivity contribution in [2.45, 2.75) is 16.8 Å². The Kier molecular flexibility index (Phi) is 5.52. The van der Waals surface area contributed by atoms with Gasteiger partial charge in [-0.15, -0.1) is 0 Å². The van der Waals surface area contributed by atoms with E-state index in [4.69, 9.17) is 21.3 Å². The van der Waals surface area contributed by atoms with Gasteiger partial charge in [0.05, 0.1) is 5.52 Å². The molecule has 4 aromatic rings. The highest BCUT2D eigenvalue weighted by Gasteiger charge is 2.24. The maximum atomic E-state index is 12.5. The number of aliphatic imine (C=N–C) groups is 1. The third-order valence-electron chi connectivity index (χ3n) is 4.96. The molecule has 4 nitrogen and oxygen atoms in total. The van der Waals surface area contributed by atoms with Gasteiger partial charge in [0.15, 0.2) is 5.70 Å². The highest BCUT2D eigenvalue weighted by Crippen LogP contribution is 2.33. The van der Waals surface area contributed by atoms with Gasteiger partial charge in [-0.05, 0) is 61.5 Å². The van der Waals surface area contributed by atoms with Gasteiger partial charge in [0.2, 0.25) is 5.90 Å². The number of hydrogen-bond acceptors (Lipinski definition) is 5. The summed E-state index contributed by atoms with van der Waals surface area (Å²) >= 11 is 7.51. The van der Waals surface area contributed by atoms with Crippen molar-refractivity contribution in [1.29, 1.82) is 0 Å². The Morgan fingerprint density at radius 2 is 1.72 bits per heavy atom. The van der Waals surface area contributed by atoms with Crippen LogP contribution >= 0.6 is 23.4 Å². The fourth-order valence-electron chi connectivity index (χ4n) is 3.29. The number of carbonyl (C=O) groups is 1. The van der Waals surface area contributed by atoms with Crippen LogP contribution in [0, 0.1) is 6.92 Å². The number of para-hydroxylation sites is 1. The summed E-state index contributed by atoms with van der Waals surface area (Å²) in [6, 6.07) is 25.2. The van der Waals surface area contributed by atoms with Crippen LogP contribution in [0.15, 0.2) is 99.5 Å². The van der Waals surface area contributed by atoms with Gasteiger partial charge in [-0.2, -0.15) is 0 Å². The van der Waals surface area contributed by atoms with Crippen LogP contribution in [0.25, 0.3) is 17.0 Å². The van der Waals surface area contributed by atoms with Crippen LogP contribution in [-0.4, -0.2) is 16.9 Å². The summed E-state index contributed by atoms with van der Waals surface area (Å²) in [6.07, 6.45) is 1.74. The van der Waals surface area contributed by atoms with Crippen LogP contribution in [0.5, 0.6) is 0 Å². The summed E-state index contributed by atoms with van der Waals surface area (Å²) in [4.78, 5) is 22.9. The molecule has 3 aromatic carbocycles. The first-order valence-electron chi connectivity index (χ1n) is 9.98. The monoisotopic (exact) mass is 456 g/mol. The second-order valence-electron chi connectivity index (χ2n) is 7.33. The smallest absolute Gasteiger partial charge is 0.363 e. The lowest BCUT2D eigenvalue weighted by Gasteiger charge is -2.08. The summed E-state index contributed by atoms with van der Waals surface area (Å²) in [5, 5.41) is 2.39. The molecule has 1 aromatic heterocycles. The van der Waals surface area contributed by atoms with Crippen molar-refractivity contribution in [2.24, 2.45) is 4.99 Å². The molecule has 0 spiro atoms. The first-order chi connectivity index (χ1) is 15.5. The van der Waals surface area contributed by atoms with Gasteiger partial charge in [0.1, 0.15) is 5.03 Å². The Morgan fingerprint density at radius 1 is 0.969 bits per heavy atom. The molecule has 0 atom stereocenters. The summed E-state index contributed by atoms with van der Waals surface area (Å²) in [5.41, 5.74) is 3.82. The second-order valence-corrected chi connectivity index (χ2v) is 8.83. The number of pyridine rings is 1. The predicted molar refractivity (Wildman–Crippen MR) is 129 cm³/mol. The van der Waals surface area contributed by atoms with E-state index < -0.39 is 5.97 Å². The number of halogens is 1. The number of ether oxygens (including phenoxy) is 1. The Morgan fingerprint density at radius 3 is 2.50 bits per heavy atom. The quantitative estimate of drug-likeness (QED) is 0.253. The molecule has 0 unspecified atom stereocenters. The van der Waals surface area contributed by atoms with Crippen LogP contribution in [0.3, 0.4) is 0 Å². The fraction of sp³-hybridized carbons (Fsp3) is 0.0385. The molecule has 156 valence electrons. The SMILES string of the molecule is Cc1ccc(Sc2nc3ccccc3cc2/C=C2/N=C(c3ccc(Cl)cc3)OC2=O)cc1. The van der Waals surface area contributed by atoms with E-state index in [-0.39, 0.29) is 11.6 Å². The van der Waals surface area contributed by atoms with Crippen LogP contribution < -0.4 is 0 Å². The predicted octanol–water partition coefficient (Wildman–Crippen LogP) is 6.69. The van der Waals surface area contributed by atoms with Crippen molar-refractivity contribution in [3.05, 3.63) is 106 Å². The average Bonchev–Trinajstić information content (AvgIpc) is 3.16. The molecule has 0 saturated heterocycles. The van der Waals surface area contributed by atoms with E-state index >= 15 is 0 Å². The van der Waals surface area contributed by atoms with E-state index in [9.17, 15) is 4.79 Å². The van der Waals surface area contributed by atoms with Gasteiger partial charge in [-0.3, -0.25) is 0 Å². The van der Waals surface area contributed by atoms with E-state index in [1.54, 1.807) is 42.1 Å². The minimum Gasteiger partial charge on any atom is -0.402 e. The molecule has 32 heavy (non-hydrogen) atoms. The normalized spacial score (nSPS) is 14.6. The van der Waals surface area contributed by atoms with Gasteiger partial charge in [0.25, 0.3) is 0 Å². The van der Waals surface area contributed by atoms with Gasteiger partial charge in [-0.25, -0.2) is 14.8 Å². The number of carbonyl (C=O) groups excluding carboxylic acids is 1. The van der Waals surface area contributed by atoms with E-state index in [0.29, 0.717) is 10.6 Å². The van der Waals surface area contributed by atoms with E-state index in [1.807, 2.05) is 30.3 Å². The number of hydrogen-bond donors (Lipinski definition) is 0. The number of esters is 1. The lowest BCUT2D eigenvalue weighted by atomic mass is 10.1. The van der Waals surface area contributed by atoms with Gasteiger partial charge < -0.3 is 4.74 Å². The van der Waals surface area contributed by atoms with Gasteiger partial charge in [-0.1, -0.05) is 59.3 Å². The summed E-state index contributed by atoms with van der Waals surface area (Å²) in [6.45, 7) is 2.06. The lowest BCUT2D eigenvalue weighted by Crippen LogP contribution is -2.05. The maximum absolute atomic E-state index is 12.5. The molecule has 2 heterocycles. The molecule has 1 aliphatic rings. The molecular weight excluding hydrogens is 440 g/mol. The fourth-order valence-corrected chi connectivity index (χ4v) is 4.29. The van der Waals surface area contributed by atoms with Crippen LogP contribution in [0.1, 0.15) is 16.7 Å². The molecular formula is C26H17ClN2O2S. The minimum absolute atomic E-state index is 0.234. The zero-order chi connectivity index (χ0) is 22.1. The number of rotatable bonds is 4. The van der Waals surface area contributed by atoms with Gasteiger partial charge in [0, 0.05) is 26.4 Å². The second kappa shape index (κ2) is 8.61. The Hall–Kier alpha value is -3.41. The van der Waals surface area contributed by atoms with Crippen molar-refractivity contribution in [1.82, 2.24) is 4.98 Å². The summed E-state index contributed by atoms with van der Waals surface area (Å²) in [5.74, 6) is -0.228. The first kappa shape index (κ1) is 20.5. The molecule has 0 saturated carbocycles. The first-order valence-corrected chi connectivity index (χ1v) is 11.2. The summed E-state index contributed by atoms with van der Waals surface area (Å²) in [7, 11) is 0. The highest BCUT2D eigenvalue weighted by atomic mass is 35.5. The standard InChI is InChI=1S/C26H17ClN2O2S/c1-16-6-12-21(13-7-16)32-25-19(14-18-4-2-3-5-22(18)29-25)15-23-26(30)31-24(28-23)17-8-10-20(27)11-9-17/h2-15H,1H3/b23-15+. The van der Waals surface area contributed by atoms with Crippen LogP contribution in [-0.2, 0) is 9.53 Å². The molecule has 0 aliphatic carbocycles. The minimum atomic E-state index is -0.491. The zero-order valence-electron chi connectivity index (χ0n) is 17.1. The number of nitrogens with zero attached hydrogens (tertiary/aromatic N) is 2. The summed E-state index contributed by atoms with van der Waals surface area (Å²) < 4.78 is 5.40. The lowest BCUT2D eigenvalue weighted by molar-refractivity contribution is -0.129. The Labute approximate surface area is 194 Å². The van der Waals surface area contributed by atoms with Crippen molar-refractivity contribution in [2.75, 3.05) is 0 Å². The highest BCUT2D eigenvalue weighted by molar-refractivity contribution is 7.99. The third-order valence-corrected chi connectivity index (χ3v) is 6.24. The molecule has 0 bridgehead atoms.